The summed E-state index contributed by atoms with van der Waals surface area (Å²) in [6.07, 6.45) is 0.0746. The van der Waals surface area contributed by atoms with Gasteiger partial charge in [-0.25, -0.2) is 9.79 Å². The molecule has 3 aromatic rings. The summed E-state index contributed by atoms with van der Waals surface area (Å²) in [6.45, 7) is -1.30. The molecule has 10 nitrogen and oxygen atoms in total. The fourth-order valence-corrected chi connectivity index (χ4v) is 2.34. The van der Waals surface area contributed by atoms with Crippen LogP contribution >= 0.6 is 0 Å². The summed E-state index contributed by atoms with van der Waals surface area (Å²) in [5.41, 5.74) is -0.227. The van der Waals surface area contributed by atoms with E-state index in [-0.39, 0.29) is 34.8 Å². The van der Waals surface area contributed by atoms with Crippen molar-refractivity contribution in [3.63, 3.8) is 0 Å². The van der Waals surface area contributed by atoms with Gasteiger partial charge in [-0.2, -0.15) is 32.8 Å². The number of nitrogens with zero attached hydrogens (tertiary/aromatic N) is 5. The third-order valence-electron chi connectivity index (χ3n) is 3.71. The van der Waals surface area contributed by atoms with Crippen LogP contribution in [-0.4, -0.2) is 53.4 Å². The predicted octanol–water partition coefficient (Wildman–Crippen LogP) is -0.569. The number of anilines is 1. The van der Waals surface area contributed by atoms with Gasteiger partial charge in [0, 0.05) is 5.22 Å². The van der Waals surface area contributed by atoms with Crippen molar-refractivity contribution in [3.05, 3.63) is 33.2 Å². The summed E-state index contributed by atoms with van der Waals surface area (Å²) in [5.74, 6) is -0.632. The average Bonchev–Trinajstić information content (AvgIpc) is 3.21. The SMILES string of the molecule is O=c1[nH]c(O)c(C=c2cnn3c(=NC4CC4)nc(NCC(F)(F)F)nc23)[nH]1. The Labute approximate surface area is 147 Å². The molecule has 0 radical (unpaired) electrons. The van der Waals surface area contributed by atoms with Gasteiger partial charge in [0.25, 0.3) is 5.62 Å². The average molecular weight is 382 g/mol. The molecule has 27 heavy (non-hydrogen) atoms. The maximum Gasteiger partial charge on any atom is 0.405 e. The molecule has 3 aromatic heterocycles. The maximum absolute atomic E-state index is 12.5. The number of halogens is 3. The van der Waals surface area contributed by atoms with E-state index in [4.69, 9.17) is 0 Å². The number of rotatable bonds is 4. The Balaban J connectivity index is 1.86. The maximum atomic E-state index is 12.5. The highest BCUT2D eigenvalue weighted by Gasteiger charge is 2.27. The molecule has 1 aliphatic carbocycles. The molecule has 1 aliphatic rings. The number of nitrogens with one attached hydrogen (secondary N) is 3. The van der Waals surface area contributed by atoms with Gasteiger partial charge in [-0.15, -0.1) is 0 Å². The van der Waals surface area contributed by atoms with Gasteiger partial charge in [-0.1, -0.05) is 0 Å². The van der Waals surface area contributed by atoms with Crippen molar-refractivity contribution in [1.82, 2.24) is 29.5 Å². The molecule has 4 rings (SSSR count). The molecule has 0 aromatic carbocycles. The Morgan fingerprint density at radius 1 is 1.37 bits per heavy atom. The number of H-pyrrole nitrogens is 2. The third kappa shape index (κ3) is 3.75. The Morgan fingerprint density at radius 3 is 2.78 bits per heavy atom. The predicted molar refractivity (Wildman–Crippen MR) is 85.8 cm³/mol. The first kappa shape index (κ1) is 17.1. The summed E-state index contributed by atoms with van der Waals surface area (Å²) < 4.78 is 38.8. The molecule has 13 heteroatoms. The molecule has 0 unspecified atom stereocenters. The van der Waals surface area contributed by atoms with E-state index in [1.54, 1.807) is 0 Å². The van der Waals surface area contributed by atoms with Gasteiger partial charge in [-0.3, -0.25) is 4.98 Å². The molecule has 0 spiro atoms. The zero-order valence-corrected chi connectivity index (χ0v) is 13.6. The van der Waals surface area contributed by atoms with Gasteiger partial charge in [0.15, 0.2) is 5.65 Å². The third-order valence-corrected chi connectivity index (χ3v) is 3.71. The van der Waals surface area contributed by atoms with Crippen LogP contribution in [0.15, 0.2) is 16.0 Å². The van der Waals surface area contributed by atoms with Crippen LogP contribution in [0.5, 0.6) is 5.88 Å². The van der Waals surface area contributed by atoms with Gasteiger partial charge in [-0.05, 0) is 18.9 Å². The molecule has 0 bridgehead atoms. The van der Waals surface area contributed by atoms with Crippen molar-refractivity contribution in [1.29, 1.82) is 0 Å². The summed E-state index contributed by atoms with van der Waals surface area (Å²) >= 11 is 0. The van der Waals surface area contributed by atoms with Gasteiger partial charge >= 0.3 is 11.9 Å². The Morgan fingerprint density at radius 2 is 2.15 bits per heavy atom. The van der Waals surface area contributed by atoms with Gasteiger partial charge in [0.1, 0.15) is 12.2 Å². The number of hydrogen-bond acceptors (Lipinski definition) is 7. The van der Waals surface area contributed by atoms with E-state index in [1.807, 2.05) is 0 Å². The first-order valence-corrected chi connectivity index (χ1v) is 7.92. The van der Waals surface area contributed by atoms with E-state index >= 15 is 0 Å². The van der Waals surface area contributed by atoms with Crippen molar-refractivity contribution in [2.24, 2.45) is 4.99 Å². The lowest BCUT2D eigenvalue weighted by molar-refractivity contribution is -0.115. The fraction of sp³-hybridized carbons (Fsp3) is 0.357. The second kappa shape index (κ2) is 6.10. The first-order chi connectivity index (χ1) is 12.8. The van der Waals surface area contributed by atoms with Crippen LogP contribution in [0.25, 0.3) is 11.7 Å². The highest BCUT2D eigenvalue weighted by Crippen LogP contribution is 2.22. The van der Waals surface area contributed by atoms with Gasteiger partial charge < -0.3 is 15.4 Å². The second-order valence-corrected chi connectivity index (χ2v) is 6.00. The lowest BCUT2D eigenvalue weighted by Gasteiger charge is -2.08. The quantitative estimate of drug-likeness (QED) is 0.477. The van der Waals surface area contributed by atoms with E-state index in [1.165, 1.54) is 16.8 Å². The molecule has 4 N–H and O–H groups in total. The van der Waals surface area contributed by atoms with Crippen LogP contribution in [0.3, 0.4) is 0 Å². The highest BCUT2D eigenvalue weighted by atomic mass is 19.4. The van der Waals surface area contributed by atoms with Crippen LogP contribution in [-0.2, 0) is 0 Å². The summed E-state index contributed by atoms with van der Waals surface area (Å²) in [6, 6.07) is 0.0558. The Bertz CT molecular complexity index is 1170. The minimum absolute atomic E-state index is 0.0558. The molecule has 0 atom stereocenters. The molecule has 0 aliphatic heterocycles. The first-order valence-electron chi connectivity index (χ1n) is 7.92. The number of aromatic amines is 2. The summed E-state index contributed by atoms with van der Waals surface area (Å²) in [4.78, 5) is 28.2. The van der Waals surface area contributed by atoms with Crippen molar-refractivity contribution < 1.29 is 18.3 Å². The number of fused-ring (bicyclic) bond motifs is 1. The molecular formula is C14H13F3N8O2. The number of aromatic nitrogens is 6. The standard InChI is InChI=1S/C14H13F3N8O2/c15-14(16,17)5-18-11-22-9-6(3-8-10(26)23-13(27)21-8)4-19-25(9)12(24-11)20-7-1-2-7/h3-4,7,26H,1-2,5H2,(H,18,20,24)(H2,21,23,27). The normalized spacial score (nSPS) is 16.4. The minimum atomic E-state index is -4.44. The fourth-order valence-electron chi connectivity index (χ4n) is 2.34. The van der Waals surface area contributed by atoms with Crippen molar-refractivity contribution in [3.8, 4) is 5.88 Å². The summed E-state index contributed by atoms with van der Waals surface area (Å²) in [5, 5.41) is 16.3. The van der Waals surface area contributed by atoms with Crippen LogP contribution < -0.4 is 21.8 Å². The van der Waals surface area contributed by atoms with Crippen LogP contribution in [0.1, 0.15) is 18.5 Å². The minimum Gasteiger partial charge on any atom is -0.493 e. The topological polar surface area (TPSA) is 136 Å². The lowest BCUT2D eigenvalue weighted by Crippen LogP contribution is -2.28. The monoisotopic (exact) mass is 382 g/mol. The van der Waals surface area contributed by atoms with Crippen LogP contribution in [0.2, 0.25) is 0 Å². The summed E-state index contributed by atoms with van der Waals surface area (Å²) in [7, 11) is 0. The van der Waals surface area contributed by atoms with Crippen molar-refractivity contribution >= 4 is 17.7 Å². The van der Waals surface area contributed by atoms with E-state index in [9.17, 15) is 23.1 Å². The van der Waals surface area contributed by atoms with E-state index in [0.29, 0.717) is 5.22 Å². The zero-order valence-electron chi connectivity index (χ0n) is 13.6. The number of imidazole rings is 1. The molecule has 3 heterocycles. The molecule has 1 fully saturated rings. The van der Waals surface area contributed by atoms with Crippen molar-refractivity contribution in [2.45, 2.75) is 25.1 Å². The van der Waals surface area contributed by atoms with E-state index in [2.05, 4.69) is 35.3 Å². The second-order valence-electron chi connectivity index (χ2n) is 6.00. The molecule has 0 saturated heterocycles. The number of hydrogen-bond donors (Lipinski definition) is 4. The lowest BCUT2D eigenvalue weighted by atomic mass is 10.3. The van der Waals surface area contributed by atoms with E-state index < -0.39 is 18.4 Å². The van der Waals surface area contributed by atoms with Gasteiger partial charge in [0.2, 0.25) is 11.8 Å². The zero-order chi connectivity index (χ0) is 19.2. The Kier molecular flexibility index (Phi) is 3.86. The van der Waals surface area contributed by atoms with Crippen molar-refractivity contribution in [2.75, 3.05) is 11.9 Å². The molecule has 1 saturated carbocycles. The Hall–Kier alpha value is -3.38. The van der Waals surface area contributed by atoms with E-state index in [0.717, 1.165) is 12.8 Å². The van der Waals surface area contributed by atoms with Crippen LogP contribution in [0, 0.1) is 0 Å². The van der Waals surface area contributed by atoms with Crippen LogP contribution in [0.4, 0.5) is 19.1 Å². The number of alkyl halides is 3. The number of aromatic hydroxyl groups is 1. The molecule has 0 amide bonds. The molecular weight excluding hydrogens is 369 g/mol. The smallest absolute Gasteiger partial charge is 0.405 e. The highest BCUT2D eigenvalue weighted by molar-refractivity contribution is 5.57. The van der Waals surface area contributed by atoms with Gasteiger partial charge in [0.05, 0.1) is 12.2 Å². The molecule has 142 valence electrons. The largest absolute Gasteiger partial charge is 0.493 e.